The van der Waals surface area contributed by atoms with Gasteiger partial charge in [0.25, 0.3) is 0 Å². The highest BCUT2D eigenvalue weighted by Gasteiger charge is 2.39. The van der Waals surface area contributed by atoms with Crippen molar-refractivity contribution in [2.45, 2.75) is 5.92 Å². The Morgan fingerprint density at radius 3 is 1.82 bits per heavy atom. The molecule has 0 bridgehead atoms. The van der Waals surface area contributed by atoms with Crippen molar-refractivity contribution in [3.05, 3.63) is 108 Å². The lowest BCUT2D eigenvalue weighted by Crippen LogP contribution is -2.26. The molecule has 5 aromatic rings. The number of fused-ring (bicyclic) bond motifs is 6. The molecule has 1 N–H and O–H groups in total. The van der Waals surface area contributed by atoms with Crippen molar-refractivity contribution in [2.75, 3.05) is 0 Å². The van der Waals surface area contributed by atoms with Gasteiger partial charge in [-0.2, -0.15) is 0 Å². The van der Waals surface area contributed by atoms with Crippen LogP contribution in [0.2, 0.25) is 10.0 Å². The first-order chi connectivity index (χ1) is 15.9. The SMILES string of the molecule is O=c1oc2ccccc2c2c1C(c1cc(Cl)cc(Cl)c1O)c1c(c3ccccc3oc1=O)O2. The fourth-order valence-corrected chi connectivity index (χ4v) is 4.86. The molecular weight excluding hydrogens is 467 g/mol. The Bertz CT molecular complexity index is 1630. The number of hydrogen-bond acceptors (Lipinski definition) is 6. The van der Waals surface area contributed by atoms with E-state index in [2.05, 4.69) is 0 Å². The fourth-order valence-electron chi connectivity index (χ4n) is 4.35. The zero-order valence-corrected chi connectivity index (χ0v) is 18.1. The number of benzene rings is 3. The van der Waals surface area contributed by atoms with Gasteiger partial charge in [0.15, 0.2) is 0 Å². The lowest BCUT2D eigenvalue weighted by molar-refractivity contribution is 0.422. The molecule has 0 saturated carbocycles. The highest BCUT2D eigenvalue weighted by atomic mass is 35.5. The zero-order chi connectivity index (χ0) is 22.9. The maximum absolute atomic E-state index is 13.2. The molecule has 6 rings (SSSR count). The Labute approximate surface area is 195 Å². The number of phenols is 1. The molecule has 0 atom stereocenters. The van der Waals surface area contributed by atoms with Crippen LogP contribution in [0.25, 0.3) is 21.9 Å². The third-order valence-electron chi connectivity index (χ3n) is 5.75. The summed E-state index contributed by atoms with van der Waals surface area (Å²) >= 11 is 12.4. The minimum absolute atomic E-state index is 0.0255. The van der Waals surface area contributed by atoms with E-state index in [1.165, 1.54) is 12.1 Å². The van der Waals surface area contributed by atoms with Crippen LogP contribution >= 0.6 is 23.2 Å². The van der Waals surface area contributed by atoms with Crippen molar-refractivity contribution in [3.8, 4) is 17.2 Å². The van der Waals surface area contributed by atoms with Crippen LogP contribution in [-0.4, -0.2) is 5.11 Å². The molecule has 162 valence electrons. The van der Waals surface area contributed by atoms with Gasteiger partial charge < -0.3 is 18.7 Å². The third kappa shape index (κ3) is 2.88. The maximum atomic E-state index is 13.2. The summed E-state index contributed by atoms with van der Waals surface area (Å²) < 4.78 is 17.3. The summed E-state index contributed by atoms with van der Waals surface area (Å²) in [5.41, 5.74) is -0.559. The first kappa shape index (κ1) is 19.9. The first-order valence-corrected chi connectivity index (χ1v) is 10.7. The van der Waals surface area contributed by atoms with E-state index in [9.17, 15) is 14.7 Å². The highest BCUT2D eigenvalue weighted by molar-refractivity contribution is 6.35. The van der Waals surface area contributed by atoms with Crippen molar-refractivity contribution in [1.82, 2.24) is 0 Å². The smallest absolute Gasteiger partial charge is 0.344 e. The number of para-hydroxylation sites is 2. The lowest BCUT2D eigenvalue weighted by Gasteiger charge is -2.28. The molecule has 3 heterocycles. The Balaban J connectivity index is 1.83. The third-order valence-corrected chi connectivity index (χ3v) is 6.25. The van der Waals surface area contributed by atoms with Gasteiger partial charge in [0.05, 0.1) is 32.8 Å². The summed E-state index contributed by atoms with van der Waals surface area (Å²) in [6.45, 7) is 0. The summed E-state index contributed by atoms with van der Waals surface area (Å²) in [5.74, 6) is -0.956. The number of rotatable bonds is 1. The van der Waals surface area contributed by atoms with E-state index in [1.54, 1.807) is 48.5 Å². The Morgan fingerprint density at radius 1 is 0.758 bits per heavy atom. The summed E-state index contributed by atoms with van der Waals surface area (Å²) in [6.07, 6.45) is 0. The summed E-state index contributed by atoms with van der Waals surface area (Å²) in [4.78, 5) is 26.4. The topological polar surface area (TPSA) is 89.9 Å². The number of aromatic hydroxyl groups is 1. The fraction of sp³-hybridized carbons (Fsp3) is 0.0400. The Hall–Kier alpha value is -3.74. The van der Waals surface area contributed by atoms with Crippen molar-refractivity contribution < 1.29 is 18.7 Å². The molecule has 0 spiro atoms. The normalized spacial score (nSPS) is 13.0. The Morgan fingerprint density at radius 2 is 1.27 bits per heavy atom. The predicted octanol–water partition coefficient (Wildman–Crippen LogP) is 6.20. The second-order valence-corrected chi connectivity index (χ2v) is 8.46. The van der Waals surface area contributed by atoms with Gasteiger partial charge in [-0.1, -0.05) is 47.5 Å². The summed E-state index contributed by atoms with van der Waals surface area (Å²) in [6, 6.07) is 16.6. The molecule has 3 aromatic carbocycles. The van der Waals surface area contributed by atoms with Gasteiger partial charge >= 0.3 is 11.3 Å². The second-order valence-electron chi connectivity index (χ2n) is 7.62. The highest BCUT2D eigenvalue weighted by Crippen LogP contribution is 2.52. The van der Waals surface area contributed by atoms with Gasteiger partial charge in [-0.25, -0.2) is 9.59 Å². The van der Waals surface area contributed by atoms with Gasteiger partial charge in [-0.15, -0.1) is 0 Å². The van der Waals surface area contributed by atoms with E-state index in [0.29, 0.717) is 21.9 Å². The van der Waals surface area contributed by atoms with Gasteiger partial charge in [-0.05, 0) is 36.4 Å². The number of halogens is 2. The van der Waals surface area contributed by atoms with E-state index < -0.39 is 17.2 Å². The van der Waals surface area contributed by atoms with Crippen molar-refractivity contribution in [2.24, 2.45) is 0 Å². The van der Waals surface area contributed by atoms with Crippen LogP contribution in [0.3, 0.4) is 0 Å². The molecule has 0 saturated heterocycles. The molecule has 0 unspecified atom stereocenters. The van der Waals surface area contributed by atoms with Crippen LogP contribution in [0, 0.1) is 0 Å². The number of phenolic OH excluding ortho intramolecular Hbond substituents is 1. The minimum atomic E-state index is -1.10. The predicted molar refractivity (Wildman–Crippen MR) is 124 cm³/mol. The second kappa shape index (κ2) is 7.13. The van der Waals surface area contributed by atoms with Crippen LogP contribution in [0.4, 0.5) is 0 Å². The van der Waals surface area contributed by atoms with Crippen LogP contribution < -0.4 is 16.0 Å². The van der Waals surface area contributed by atoms with Crippen molar-refractivity contribution in [1.29, 1.82) is 0 Å². The monoisotopic (exact) mass is 478 g/mol. The molecule has 8 heteroatoms. The Kier molecular flexibility index (Phi) is 4.30. The van der Waals surface area contributed by atoms with Crippen molar-refractivity contribution >= 4 is 45.1 Å². The molecule has 33 heavy (non-hydrogen) atoms. The largest absolute Gasteiger partial charge is 0.506 e. The van der Waals surface area contributed by atoms with Crippen LogP contribution in [0.15, 0.2) is 79.1 Å². The first-order valence-electron chi connectivity index (χ1n) is 9.91. The number of ether oxygens (including phenoxy) is 1. The zero-order valence-electron chi connectivity index (χ0n) is 16.6. The van der Waals surface area contributed by atoms with Crippen LogP contribution in [-0.2, 0) is 0 Å². The average Bonchev–Trinajstić information content (AvgIpc) is 2.80. The molecular formula is C25H12Cl2O6. The van der Waals surface area contributed by atoms with E-state index in [0.717, 1.165) is 0 Å². The molecule has 2 aromatic heterocycles. The molecule has 0 fully saturated rings. The average molecular weight is 479 g/mol. The molecule has 6 nitrogen and oxygen atoms in total. The van der Waals surface area contributed by atoms with E-state index in [1.807, 2.05) is 0 Å². The molecule has 0 radical (unpaired) electrons. The molecule has 1 aliphatic rings. The summed E-state index contributed by atoms with van der Waals surface area (Å²) in [5, 5.41) is 12.1. The number of hydrogen-bond donors (Lipinski definition) is 1. The lowest BCUT2D eigenvalue weighted by atomic mass is 9.82. The van der Waals surface area contributed by atoms with Crippen molar-refractivity contribution in [3.63, 3.8) is 0 Å². The quantitative estimate of drug-likeness (QED) is 0.283. The van der Waals surface area contributed by atoms with Gasteiger partial charge in [0.1, 0.15) is 28.4 Å². The van der Waals surface area contributed by atoms with Crippen LogP contribution in [0.1, 0.15) is 22.6 Å². The van der Waals surface area contributed by atoms with E-state index >= 15 is 0 Å². The van der Waals surface area contributed by atoms with E-state index in [-0.39, 0.29) is 44.0 Å². The molecule has 0 amide bonds. The minimum Gasteiger partial charge on any atom is -0.506 e. The molecule has 0 aliphatic carbocycles. The maximum Gasteiger partial charge on any atom is 0.344 e. The standard InChI is InChI=1S/C25H12Cl2O6/c26-11-9-14(21(28)15(27)10-11)18-19-22(12-5-1-3-7-16(12)31-24(19)29)33-23-13-6-2-4-8-17(13)32-25(30)20(18)23/h1-10,18,28H. The van der Waals surface area contributed by atoms with Gasteiger partial charge in [0, 0.05) is 10.6 Å². The molecule has 1 aliphatic heterocycles. The summed E-state index contributed by atoms with van der Waals surface area (Å²) in [7, 11) is 0. The van der Waals surface area contributed by atoms with E-state index in [4.69, 9.17) is 36.8 Å². The van der Waals surface area contributed by atoms with Crippen LogP contribution in [0.5, 0.6) is 17.2 Å². The van der Waals surface area contributed by atoms with Gasteiger partial charge in [-0.3, -0.25) is 0 Å². The van der Waals surface area contributed by atoms with Gasteiger partial charge in [0.2, 0.25) is 0 Å².